The third-order valence-electron chi connectivity index (χ3n) is 4.86. The van der Waals surface area contributed by atoms with E-state index in [0.29, 0.717) is 17.0 Å². The van der Waals surface area contributed by atoms with Gasteiger partial charge in [-0.2, -0.15) is 10.1 Å². The maximum Gasteiger partial charge on any atom is 0.276 e. The zero-order valence-electron chi connectivity index (χ0n) is 17.6. The minimum Gasteiger partial charge on any atom is -0.480 e. The average Bonchev–Trinajstić information content (AvgIpc) is 3.22. The van der Waals surface area contributed by atoms with Crippen LogP contribution < -0.4 is 10.5 Å². The van der Waals surface area contributed by atoms with Crippen molar-refractivity contribution in [2.24, 2.45) is 5.10 Å². The highest BCUT2D eigenvalue weighted by Crippen LogP contribution is 2.24. The fourth-order valence-corrected chi connectivity index (χ4v) is 4.41. The van der Waals surface area contributed by atoms with Crippen LogP contribution >= 0.6 is 0 Å². The van der Waals surface area contributed by atoms with Crippen LogP contribution in [0.2, 0.25) is 0 Å². The van der Waals surface area contributed by atoms with Crippen molar-refractivity contribution in [3.05, 3.63) is 78.4 Å². The molecule has 1 amide bonds. The van der Waals surface area contributed by atoms with Crippen molar-refractivity contribution >= 4 is 27.6 Å². The fraction of sp³-hybridized carbons (Fsp3) is 0.182. The van der Waals surface area contributed by atoms with Gasteiger partial charge in [0.25, 0.3) is 5.91 Å². The molecule has 0 aliphatic carbocycles. The van der Waals surface area contributed by atoms with E-state index in [9.17, 15) is 13.2 Å². The fourth-order valence-electron chi connectivity index (χ4n) is 3.21. The van der Waals surface area contributed by atoms with Crippen molar-refractivity contribution in [3.63, 3.8) is 0 Å². The molecule has 2 N–H and O–H groups in total. The lowest BCUT2D eigenvalue weighted by atomic mass is 10.2. The topological polar surface area (TPSA) is 137 Å². The van der Waals surface area contributed by atoms with Gasteiger partial charge >= 0.3 is 0 Å². The van der Waals surface area contributed by atoms with Gasteiger partial charge in [0.05, 0.1) is 11.1 Å². The first-order valence-electron chi connectivity index (χ1n) is 9.89. The molecule has 10 nitrogen and oxygen atoms in total. The van der Waals surface area contributed by atoms with Crippen molar-refractivity contribution in [1.82, 2.24) is 15.0 Å². The quantitative estimate of drug-likeness (QED) is 0.520. The Kier molecular flexibility index (Phi) is 6.33. The highest BCUT2D eigenvalue weighted by atomic mass is 32.2. The van der Waals surface area contributed by atoms with Gasteiger partial charge in [-0.25, -0.2) is 18.4 Å². The molecule has 0 fully saturated rings. The predicted octanol–water partition coefficient (Wildman–Crippen LogP) is 1.89. The zero-order valence-corrected chi connectivity index (χ0v) is 18.4. The van der Waals surface area contributed by atoms with Crippen LogP contribution in [0.3, 0.4) is 0 Å². The van der Waals surface area contributed by atoms with Crippen LogP contribution in [0.4, 0.5) is 5.69 Å². The van der Waals surface area contributed by atoms with Crippen LogP contribution in [0.25, 0.3) is 0 Å². The third kappa shape index (κ3) is 4.99. The normalized spacial score (nSPS) is 17.8. The van der Waals surface area contributed by atoms with Crippen molar-refractivity contribution in [2.75, 3.05) is 12.8 Å². The molecule has 0 spiro atoms. The number of anilines is 1. The summed E-state index contributed by atoms with van der Waals surface area (Å²) in [6.07, 6.45) is 2.96. The Labute approximate surface area is 190 Å². The number of ether oxygens (including phenoxy) is 2. The van der Waals surface area contributed by atoms with E-state index in [0.717, 1.165) is 0 Å². The van der Waals surface area contributed by atoms with Gasteiger partial charge < -0.3 is 15.2 Å². The van der Waals surface area contributed by atoms with Crippen molar-refractivity contribution in [3.8, 4) is 5.75 Å². The lowest BCUT2D eigenvalue weighted by Gasteiger charge is -2.25. The minimum absolute atomic E-state index is 0.117. The Morgan fingerprint density at radius 1 is 1.06 bits per heavy atom. The van der Waals surface area contributed by atoms with E-state index in [2.05, 4.69) is 15.1 Å². The smallest absolute Gasteiger partial charge is 0.276 e. The first-order chi connectivity index (χ1) is 15.9. The first kappa shape index (κ1) is 22.4. The minimum atomic E-state index is -3.62. The SMILES string of the molecule is COC1C(Oc2ccc(S(=O)(=O)Cc3ncccn3)cc2)C=NN1C(=O)c1ccc(N)cc1. The van der Waals surface area contributed by atoms with Crippen molar-refractivity contribution < 1.29 is 22.7 Å². The number of nitrogen functional groups attached to an aromatic ring is 1. The number of carbonyl (C=O) groups is 1. The number of hydrazone groups is 1. The van der Waals surface area contributed by atoms with Gasteiger partial charge in [0.2, 0.25) is 0 Å². The molecule has 0 radical (unpaired) electrons. The summed E-state index contributed by atoms with van der Waals surface area (Å²) < 4.78 is 36.6. The number of hydrogen-bond acceptors (Lipinski definition) is 9. The van der Waals surface area contributed by atoms with Crippen LogP contribution in [0.5, 0.6) is 5.75 Å². The van der Waals surface area contributed by atoms with Gasteiger partial charge in [0, 0.05) is 30.8 Å². The van der Waals surface area contributed by atoms with Crippen molar-refractivity contribution in [2.45, 2.75) is 23.0 Å². The van der Waals surface area contributed by atoms with E-state index < -0.39 is 22.2 Å². The molecule has 4 rings (SSSR count). The summed E-state index contributed by atoms with van der Waals surface area (Å²) in [7, 11) is -2.18. The van der Waals surface area contributed by atoms with Gasteiger partial charge in [-0.05, 0) is 54.6 Å². The number of nitrogens with two attached hydrogens (primary N) is 1. The summed E-state index contributed by atoms with van der Waals surface area (Å²) in [4.78, 5) is 20.8. The van der Waals surface area contributed by atoms with E-state index in [1.807, 2.05) is 0 Å². The standard InChI is InChI=1S/C22H21N5O5S/c1-31-22-19(13-26-27(22)21(28)15-3-5-16(23)6-4-15)32-17-7-9-18(10-8-17)33(29,30)14-20-24-11-2-12-25-20/h2-13,19,22H,14,23H2,1H3. The predicted molar refractivity (Wildman–Crippen MR) is 120 cm³/mol. The van der Waals surface area contributed by atoms with E-state index in [-0.39, 0.29) is 22.4 Å². The molecule has 2 atom stereocenters. The lowest BCUT2D eigenvalue weighted by Crippen LogP contribution is -2.43. The molecule has 1 aliphatic rings. The summed E-state index contributed by atoms with van der Waals surface area (Å²) in [5.41, 5.74) is 6.62. The molecule has 11 heteroatoms. The van der Waals surface area contributed by atoms with Gasteiger partial charge in [0.1, 0.15) is 17.3 Å². The van der Waals surface area contributed by atoms with Crippen LogP contribution in [0.1, 0.15) is 16.2 Å². The molecule has 2 aromatic carbocycles. The number of methoxy groups -OCH3 is 1. The van der Waals surface area contributed by atoms with Gasteiger partial charge in [-0.3, -0.25) is 4.79 Å². The lowest BCUT2D eigenvalue weighted by molar-refractivity contribution is -0.0467. The summed E-state index contributed by atoms with van der Waals surface area (Å²) >= 11 is 0. The summed E-state index contributed by atoms with van der Waals surface area (Å²) in [5.74, 6) is -0.0650. The van der Waals surface area contributed by atoms with Crippen LogP contribution in [-0.2, 0) is 20.3 Å². The molecular weight excluding hydrogens is 446 g/mol. The van der Waals surface area contributed by atoms with E-state index in [1.54, 1.807) is 30.3 Å². The van der Waals surface area contributed by atoms with Gasteiger partial charge in [0.15, 0.2) is 22.2 Å². The molecule has 0 saturated heterocycles. The van der Waals surface area contributed by atoms with Crippen LogP contribution in [0, 0.1) is 0 Å². The number of amides is 1. The largest absolute Gasteiger partial charge is 0.480 e. The number of carbonyl (C=O) groups excluding carboxylic acids is 1. The third-order valence-corrected chi connectivity index (χ3v) is 6.49. The Balaban J connectivity index is 1.44. The van der Waals surface area contributed by atoms with E-state index in [1.165, 1.54) is 55.0 Å². The molecular formula is C22H21N5O5S. The average molecular weight is 468 g/mol. The second kappa shape index (κ2) is 9.35. The van der Waals surface area contributed by atoms with Crippen LogP contribution in [-0.4, -0.2) is 55.0 Å². The molecule has 1 aromatic heterocycles. The summed E-state index contributed by atoms with van der Waals surface area (Å²) in [5, 5.41) is 5.33. The molecule has 170 valence electrons. The maximum atomic E-state index is 12.8. The summed E-state index contributed by atoms with van der Waals surface area (Å²) in [6.45, 7) is 0. The van der Waals surface area contributed by atoms with E-state index >= 15 is 0 Å². The highest BCUT2D eigenvalue weighted by Gasteiger charge is 2.37. The summed E-state index contributed by atoms with van der Waals surface area (Å²) in [6, 6.07) is 14.0. The molecule has 0 bridgehead atoms. The molecule has 1 aliphatic heterocycles. The molecule has 0 saturated carbocycles. The Morgan fingerprint density at radius 2 is 1.73 bits per heavy atom. The monoisotopic (exact) mass is 467 g/mol. The van der Waals surface area contributed by atoms with Crippen molar-refractivity contribution in [1.29, 1.82) is 0 Å². The molecule has 33 heavy (non-hydrogen) atoms. The number of benzene rings is 2. The maximum absolute atomic E-state index is 12.8. The zero-order chi connectivity index (χ0) is 23.4. The van der Waals surface area contributed by atoms with Crippen LogP contribution in [0.15, 0.2) is 77.0 Å². The number of sulfone groups is 1. The second-order valence-corrected chi connectivity index (χ2v) is 9.13. The number of aromatic nitrogens is 2. The number of rotatable bonds is 7. The first-order valence-corrected chi connectivity index (χ1v) is 11.5. The Morgan fingerprint density at radius 3 is 2.36 bits per heavy atom. The van der Waals surface area contributed by atoms with Gasteiger partial charge in [-0.1, -0.05) is 0 Å². The Bertz CT molecular complexity index is 1250. The highest BCUT2D eigenvalue weighted by molar-refractivity contribution is 7.90. The number of nitrogens with zero attached hydrogens (tertiary/aromatic N) is 4. The molecule has 2 unspecified atom stereocenters. The Hall–Kier alpha value is -3.83. The molecule has 3 aromatic rings. The molecule has 2 heterocycles. The number of hydrogen-bond donors (Lipinski definition) is 1. The van der Waals surface area contributed by atoms with Gasteiger partial charge in [-0.15, -0.1) is 0 Å². The van der Waals surface area contributed by atoms with E-state index in [4.69, 9.17) is 15.2 Å². The second-order valence-electron chi connectivity index (χ2n) is 7.14.